The van der Waals surface area contributed by atoms with E-state index in [4.69, 9.17) is 14.0 Å². The Morgan fingerprint density at radius 3 is 2.45 bits per heavy atom. The van der Waals surface area contributed by atoms with Crippen molar-refractivity contribution >= 4 is 12.0 Å². The van der Waals surface area contributed by atoms with E-state index in [9.17, 15) is 4.79 Å². The normalized spacial score (nSPS) is 11.2. The summed E-state index contributed by atoms with van der Waals surface area (Å²) in [5, 5.41) is 4.05. The number of hydrogen-bond acceptors (Lipinski definition) is 6. The maximum absolute atomic E-state index is 12.8. The minimum absolute atomic E-state index is 0.0442. The smallest absolute Gasteiger partial charge is 0.247 e. The average Bonchev–Trinajstić information content (AvgIpc) is 3.24. The zero-order valence-corrected chi connectivity index (χ0v) is 18.5. The van der Waals surface area contributed by atoms with Crippen molar-refractivity contribution in [2.24, 2.45) is 0 Å². The van der Waals surface area contributed by atoms with E-state index in [1.165, 1.54) is 6.08 Å². The summed E-state index contributed by atoms with van der Waals surface area (Å²) in [4.78, 5) is 19.0. The van der Waals surface area contributed by atoms with Gasteiger partial charge in [-0.05, 0) is 44.5 Å². The summed E-state index contributed by atoms with van der Waals surface area (Å²) < 4.78 is 15.9. The molecular formula is C24H27N3O4. The lowest BCUT2D eigenvalue weighted by Crippen LogP contribution is -2.35. The minimum Gasteiger partial charge on any atom is -0.493 e. The number of methoxy groups -OCH3 is 2. The molecule has 0 unspecified atom stereocenters. The zero-order valence-electron chi connectivity index (χ0n) is 18.5. The average molecular weight is 421 g/mol. The molecule has 0 aliphatic heterocycles. The second kappa shape index (κ2) is 9.93. The standard InChI is InChI=1S/C24H27N3O4/c1-16(2)27(15-22-25-24(26-31-22)19-10-6-17(3)7-11-19)23(28)13-9-18-8-12-20(29-4)21(14-18)30-5/h6-14,16H,15H2,1-5H3. The Morgan fingerprint density at radius 1 is 1.10 bits per heavy atom. The highest BCUT2D eigenvalue weighted by Gasteiger charge is 2.19. The number of rotatable bonds is 8. The maximum Gasteiger partial charge on any atom is 0.247 e. The van der Waals surface area contributed by atoms with Gasteiger partial charge in [-0.2, -0.15) is 4.98 Å². The second-order valence-corrected chi connectivity index (χ2v) is 7.39. The predicted molar refractivity (Wildman–Crippen MR) is 119 cm³/mol. The van der Waals surface area contributed by atoms with Crippen LogP contribution in [0.1, 0.15) is 30.9 Å². The molecule has 2 aromatic carbocycles. The molecule has 1 heterocycles. The summed E-state index contributed by atoms with van der Waals surface area (Å²) in [7, 11) is 3.16. The van der Waals surface area contributed by atoms with E-state index in [1.807, 2.05) is 57.2 Å². The summed E-state index contributed by atoms with van der Waals surface area (Å²) in [5.41, 5.74) is 2.86. The predicted octanol–water partition coefficient (Wildman–Crippen LogP) is 4.51. The number of carbonyl (C=O) groups is 1. The van der Waals surface area contributed by atoms with Crippen LogP contribution in [0.15, 0.2) is 53.1 Å². The van der Waals surface area contributed by atoms with Crippen molar-refractivity contribution in [2.45, 2.75) is 33.4 Å². The van der Waals surface area contributed by atoms with Gasteiger partial charge in [0, 0.05) is 17.7 Å². The van der Waals surface area contributed by atoms with Gasteiger partial charge in [-0.15, -0.1) is 0 Å². The first-order valence-electron chi connectivity index (χ1n) is 10.0. The van der Waals surface area contributed by atoms with Crippen LogP contribution in [0.25, 0.3) is 17.5 Å². The van der Waals surface area contributed by atoms with E-state index in [2.05, 4.69) is 10.1 Å². The van der Waals surface area contributed by atoms with Gasteiger partial charge in [0.25, 0.3) is 0 Å². The molecule has 3 rings (SSSR count). The molecule has 0 atom stereocenters. The highest BCUT2D eigenvalue weighted by Crippen LogP contribution is 2.28. The number of aromatic nitrogens is 2. The molecule has 31 heavy (non-hydrogen) atoms. The number of benzene rings is 2. The number of aryl methyl sites for hydroxylation is 1. The van der Waals surface area contributed by atoms with Crippen LogP contribution < -0.4 is 9.47 Å². The molecule has 3 aromatic rings. The molecule has 1 amide bonds. The fraction of sp³-hybridized carbons (Fsp3) is 0.292. The van der Waals surface area contributed by atoms with Crippen LogP contribution in [-0.2, 0) is 11.3 Å². The Balaban J connectivity index is 1.73. The van der Waals surface area contributed by atoms with E-state index in [1.54, 1.807) is 31.3 Å². The van der Waals surface area contributed by atoms with Crippen LogP contribution in [0.3, 0.4) is 0 Å². The van der Waals surface area contributed by atoms with Crippen LogP contribution in [0.5, 0.6) is 11.5 Å². The van der Waals surface area contributed by atoms with Gasteiger partial charge in [-0.25, -0.2) is 0 Å². The third-order valence-corrected chi connectivity index (χ3v) is 4.82. The van der Waals surface area contributed by atoms with E-state index in [0.717, 1.165) is 16.7 Å². The van der Waals surface area contributed by atoms with Crippen molar-refractivity contribution < 1.29 is 18.8 Å². The highest BCUT2D eigenvalue weighted by atomic mass is 16.5. The molecule has 0 N–H and O–H groups in total. The van der Waals surface area contributed by atoms with E-state index >= 15 is 0 Å². The molecule has 7 heteroatoms. The molecule has 0 aliphatic carbocycles. The van der Waals surface area contributed by atoms with Crippen molar-refractivity contribution in [3.8, 4) is 22.9 Å². The van der Waals surface area contributed by atoms with Crippen LogP contribution in [0.4, 0.5) is 0 Å². The lowest BCUT2D eigenvalue weighted by atomic mass is 10.1. The van der Waals surface area contributed by atoms with Crippen LogP contribution >= 0.6 is 0 Å². The molecule has 0 radical (unpaired) electrons. The Bertz CT molecular complexity index is 1050. The summed E-state index contributed by atoms with van der Waals surface area (Å²) in [6, 6.07) is 13.3. The van der Waals surface area contributed by atoms with Gasteiger partial charge in [0.1, 0.15) is 6.54 Å². The van der Waals surface area contributed by atoms with Gasteiger partial charge in [0.2, 0.25) is 17.6 Å². The molecule has 0 saturated carbocycles. The monoisotopic (exact) mass is 421 g/mol. The van der Waals surface area contributed by atoms with Crippen LogP contribution in [0, 0.1) is 6.92 Å². The number of hydrogen-bond donors (Lipinski definition) is 0. The Morgan fingerprint density at radius 2 is 1.81 bits per heavy atom. The quantitative estimate of drug-likeness (QED) is 0.498. The van der Waals surface area contributed by atoms with Crippen molar-refractivity contribution in [1.82, 2.24) is 15.0 Å². The molecule has 162 valence electrons. The third kappa shape index (κ3) is 5.51. The van der Waals surface area contributed by atoms with E-state index < -0.39 is 0 Å². The second-order valence-electron chi connectivity index (χ2n) is 7.39. The van der Waals surface area contributed by atoms with Gasteiger partial charge < -0.3 is 18.9 Å². The van der Waals surface area contributed by atoms with Crippen molar-refractivity contribution in [3.05, 3.63) is 65.6 Å². The molecule has 0 fully saturated rings. The Labute approximate surface area is 182 Å². The molecule has 7 nitrogen and oxygen atoms in total. The number of amides is 1. The molecule has 0 bridgehead atoms. The summed E-state index contributed by atoms with van der Waals surface area (Å²) in [5.74, 6) is 1.98. The Hall–Kier alpha value is -3.61. The summed E-state index contributed by atoms with van der Waals surface area (Å²) in [6.07, 6.45) is 3.27. The first-order chi connectivity index (χ1) is 14.9. The first-order valence-corrected chi connectivity index (χ1v) is 10.0. The lowest BCUT2D eigenvalue weighted by molar-refractivity contribution is -0.128. The van der Waals surface area contributed by atoms with Crippen molar-refractivity contribution in [1.29, 1.82) is 0 Å². The van der Waals surface area contributed by atoms with Crippen LogP contribution in [0.2, 0.25) is 0 Å². The van der Waals surface area contributed by atoms with Gasteiger partial charge >= 0.3 is 0 Å². The number of carbonyl (C=O) groups excluding carboxylic acids is 1. The van der Waals surface area contributed by atoms with Crippen LogP contribution in [-0.4, -0.2) is 41.2 Å². The minimum atomic E-state index is -0.153. The molecule has 1 aromatic heterocycles. The molecule has 0 aliphatic rings. The van der Waals surface area contributed by atoms with E-state index in [-0.39, 0.29) is 18.5 Å². The fourth-order valence-corrected chi connectivity index (χ4v) is 3.02. The summed E-state index contributed by atoms with van der Waals surface area (Å²) in [6.45, 7) is 6.14. The fourth-order valence-electron chi connectivity index (χ4n) is 3.02. The topological polar surface area (TPSA) is 77.7 Å². The van der Waals surface area contributed by atoms with Crippen molar-refractivity contribution in [3.63, 3.8) is 0 Å². The summed E-state index contributed by atoms with van der Waals surface area (Å²) >= 11 is 0. The van der Waals surface area contributed by atoms with Crippen molar-refractivity contribution in [2.75, 3.05) is 14.2 Å². The zero-order chi connectivity index (χ0) is 22.4. The van der Waals surface area contributed by atoms with E-state index in [0.29, 0.717) is 23.2 Å². The first kappa shape index (κ1) is 22.1. The van der Waals surface area contributed by atoms with Gasteiger partial charge in [0.15, 0.2) is 11.5 Å². The third-order valence-electron chi connectivity index (χ3n) is 4.82. The maximum atomic E-state index is 12.8. The molecular weight excluding hydrogens is 394 g/mol. The highest BCUT2D eigenvalue weighted by molar-refractivity contribution is 5.92. The SMILES string of the molecule is COc1ccc(C=CC(=O)N(Cc2nc(-c3ccc(C)cc3)no2)C(C)C)cc1OC. The lowest BCUT2D eigenvalue weighted by Gasteiger charge is -2.23. The molecule has 0 saturated heterocycles. The number of ether oxygens (including phenoxy) is 2. The number of nitrogens with zero attached hydrogens (tertiary/aromatic N) is 3. The largest absolute Gasteiger partial charge is 0.493 e. The van der Waals surface area contributed by atoms with Gasteiger partial charge in [-0.1, -0.05) is 41.1 Å². The Kier molecular flexibility index (Phi) is 7.07. The van der Waals surface area contributed by atoms with Gasteiger partial charge in [-0.3, -0.25) is 4.79 Å². The van der Waals surface area contributed by atoms with Gasteiger partial charge in [0.05, 0.1) is 14.2 Å². The molecule has 0 spiro atoms.